The van der Waals surface area contributed by atoms with E-state index in [1.165, 1.54) is 18.5 Å². The maximum Gasteiger partial charge on any atom is 0.167 e. The van der Waals surface area contributed by atoms with Crippen LogP contribution in [-0.2, 0) is 0 Å². The first-order chi connectivity index (χ1) is 17.9. The lowest BCUT2D eigenvalue weighted by Gasteiger charge is -2.41. The minimum atomic E-state index is -0.572. The minimum absolute atomic E-state index is 0.0289. The third-order valence-corrected chi connectivity index (χ3v) is 7.90. The molecule has 192 valence electrons. The molecule has 0 spiro atoms. The lowest BCUT2D eigenvalue weighted by atomic mass is 9.88. The number of hydrogen-bond acceptors (Lipinski definition) is 8. The van der Waals surface area contributed by atoms with Crippen molar-refractivity contribution in [3.8, 4) is 11.4 Å². The molecule has 0 radical (unpaired) electrons. The molecular formula is C26H27Cl2FN8. The highest BCUT2D eigenvalue weighted by Crippen LogP contribution is 2.56. The van der Waals surface area contributed by atoms with Crippen LogP contribution in [0.4, 0.5) is 21.8 Å². The van der Waals surface area contributed by atoms with E-state index in [2.05, 4.69) is 25.5 Å². The summed E-state index contributed by atoms with van der Waals surface area (Å²) in [5.41, 5.74) is 2.47. The van der Waals surface area contributed by atoms with E-state index in [1.807, 2.05) is 13.0 Å². The molecule has 4 unspecified atom stereocenters. The van der Waals surface area contributed by atoms with Gasteiger partial charge in [-0.15, -0.1) is 11.6 Å². The number of aromatic nitrogens is 4. The highest BCUT2D eigenvalue weighted by molar-refractivity contribution is 6.30. The van der Waals surface area contributed by atoms with Gasteiger partial charge in [0.05, 0.1) is 16.1 Å². The Hall–Kier alpha value is -2.88. The fraction of sp³-hybridized carbons (Fsp3) is 0.423. The molecule has 8 nitrogen and oxygen atoms in total. The van der Waals surface area contributed by atoms with Gasteiger partial charge in [0.25, 0.3) is 0 Å². The standard InChI is InChI=1S/C26H27Cl2FN8/c1-13(27)23-22-18(11-30)17-10-20(17)37(16-3-5-31-6-4-16)26(22)36-24(35-23)14-2-7-32-21(8-14)34-25-19(29)9-15(28)12-33-25/h2,7-9,11-13,16-18,20,30-31H,3-6,10H2,1H3,(H,32,33,34). The van der Waals surface area contributed by atoms with Crippen molar-refractivity contribution in [1.29, 1.82) is 5.41 Å². The summed E-state index contributed by atoms with van der Waals surface area (Å²) < 4.78 is 14.3. The molecule has 0 amide bonds. The first-order valence-electron chi connectivity index (χ1n) is 12.5. The van der Waals surface area contributed by atoms with Crippen LogP contribution in [0.3, 0.4) is 0 Å². The first-order valence-corrected chi connectivity index (χ1v) is 13.4. The predicted octanol–water partition coefficient (Wildman–Crippen LogP) is 5.46. The third kappa shape index (κ3) is 4.53. The molecule has 1 saturated heterocycles. The van der Waals surface area contributed by atoms with Gasteiger partial charge in [0.15, 0.2) is 17.5 Å². The molecule has 0 bridgehead atoms. The minimum Gasteiger partial charge on any atom is -0.350 e. The molecule has 2 aliphatic heterocycles. The van der Waals surface area contributed by atoms with Crippen molar-refractivity contribution in [2.45, 2.75) is 49.6 Å². The molecule has 3 aromatic heterocycles. The Balaban J connectivity index is 1.43. The number of piperidine rings is 1. The zero-order chi connectivity index (χ0) is 25.7. The maximum atomic E-state index is 14.3. The van der Waals surface area contributed by atoms with E-state index in [0.717, 1.165) is 55.0 Å². The number of fused-ring (bicyclic) bond motifs is 2. The fourth-order valence-electron chi connectivity index (χ4n) is 5.70. The van der Waals surface area contributed by atoms with E-state index in [0.29, 0.717) is 29.6 Å². The highest BCUT2D eigenvalue weighted by atomic mass is 35.5. The van der Waals surface area contributed by atoms with Gasteiger partial charge < -0.3 is 20.9 Å². The fourth-order valence-corrected chi connectivity index (χ4v) is 6.01. The van der Waals surface area contributed by atoms with Gasteiger partial charge in [-0.1, -0.05) is 11.6 Å². The van der Waals surface area contributed by atoms with E-state index in [9.17, 15) is 4.39 Å². The van der Waals surface area contributed by atoms with Crippen molar-refractivity contribution in [3.05, 3.63) is 52.7 Å². The molecule has 6 rings (SSSR count). The van der Waals surface area contributed by atoms with E-state index in [4.69, 9.17) is 38.6 Å². The normalized spacial score (nSPS) is 23.7. The molecule has 11 heteroatoms. The zero-order valence-corrected chi connectivity index (χ0v) is 21.8. The summed E-state index contributed by atoms with van der Waals surface area (Å²) in [5.74, 6) is 1.65. The van der Waals surface area contributed by atoms with Gasteiger partial charge in [0.2, 0.25) is 0 Å². The molecule has 1 aliphatic carbocycles. The number of anilines is 3. The Morgan fingerprint density at radius 2 is 2.05 bits per heavy atom. The van der Waals surface area contributed by atoms with E-state index >= 15 is 0 Å². The molecule has 3 aliphatic rings. The summed E-state index contributed by atoms with van der Waals surface area (Å²) in [6, 6.07) is 5.56. The quantitative estimate of drug-likeness (QED) is 0.281. The predicted molar refractivity (Wildman–Crippen MR) is 144 cm³/mol. The second-order valence-corrected chi connectivity index (χ2v) is 11.0. The SMILES string of the molecule is CC(Cl)c1nc(-c2ccnc(Nc3ncc(Cl)cc3F)c2)nc2c1C(C=N)C1CC1N2C1CCNCC1. The number of nitrogens with one attached hydrogen (secondary N) is 3. The van der Waals surface area contributed by atoms with Crippen molar-refractivity contribution in [3.63, 3.8) is 0 Å². The summed E-state index contributed by atoms with van der Waals surface area (Å²) in [7, 11) is 0. The zero-order valence-electron chi connectivity index (χ0n) is 20.3. The molecular weight excluding hydrogens is 514 g/mol. The number of nitrogens with zero attached hydrogens (tertiary/aromatic N) is 5. The molecule has 3 aromatic rings. The van der Waals surface area contributed by atoms with Crippen LogP contribution < -0.4 is 15.5 Å². The Labute approximate surface area is 224 Å². The summed E-state index contributed by atoms with van der Waals surface area (Å²) in [6.07, 6.45) is 7.68. The Morgan fingerprint density at radius 3 is 2.78 bits per heavy atom. The molecule has 0 aromatic carbocycles. The average Bonchev–Trinajstić information content (AvgIpc) is 3.69. The van der Waals surface area contributed by atoms with Gasteiger partial charge in [-0.3, -0.25) is 0 Å². The molecule has 37 heavy (non-hydrogen) atoms. The van der Waals surface area contributed by atoms with Crippen LogP contribution >= 0.6 is 23.2 Å². The van der Waals surface area contributed by atoms with Gasteiger partial charge in [-0.25, -0.2) is 24.3 Å². The maximum absolute atomic E-state index is 14.3. The van der Waals surface area contributed by atoms with Gasteiger partial charge in [0.1, 0.15) is 11.6 Å². The van der Waals surface area contributed by atoms with Crippen LogP contribution in [-0.4, -0.2) is 51.3 Å². The number of alkyl halides is 1. The van der Waals surface area contributed by atoms with Crippen LogP contribution in [0, 0.1) is 17.1 Å². The van der Waals surface area contributed by atoms with Gasteiger partial charge in [0, 0.05) is 47.7 Å². The monoisotopic (exact) mass is 540 g/mol. The molecule has 5 heterocycles. The van der Waals surface area contributed by atoms with Gasteiger partial charge in [-0.05, 0) is 63.4 Å². The van der Waals surface area contributed by atoms with Crippen LogP contribution in [0.15, 0.2) is 30.6 Å². The summed E-state index contributed by atoms with van der Waals surface area (Å²) in [4.78, 5) is 20.9. The molecule has 3 N–H and O–H groups in total. The number of pyridine rings is 2. The Morgan fingerprint density at radius 1 is 1.24 bits per heavy atom. The molecule has 4 atom stereocenters. The van der Waals surface area contributed by atoms with Crippen molar-refractivity contribution in [2.24, 2.45) is 5.92 Å². The lowest BCUT2D eigenvalue weighted by molar-refractivity contribution is 0.412. The van der Waals surface area contributed by atoms with Crippen molar-refractivity contribution in [2.75, 3.05) is 23.3 Å². The van der Waals surface area contributed by atoms with E-state index in [-0.39, 0.29) is 22.1 Å². The number of hydrogen-bond donors (Lipinski definition) is 3. The highest BCUT2D eigenvalue weighted by Gasteiger charge is 2.55. The molecule has 1 saturated carbocycles. The van der Waals surface area contributed by atoms with E-state index < -0.39 is 5.82 Å². The topological polar surface area (TPSA) is 103 Å². The molecule has 2 fully saturated rings. The van der Waals surface area contributed by atoms with Crippen LogP contribution in [0.2, 0.25) is 5.02 Å². The number of halogens is 3. The van der Waals surface area contributed by atoms with E-state index in [1.54, 1.807) is 12.3 Å². The largest absolute Gasteiger partial charge is 0.350 e. The second-order valence-electron chi connectivity index (χ2n) is 9.87. The summed E-state index contributed by atoms with van der Waals surface area (Å²) in [5, 5.41) is 14.4. The van der Waals surface area contributed by atoms with Crippen LogP contribution in [0.1, 0.15) is 48.7 Å². The third-order valence-electron chi connectivity index (χ3n) is 7.49. The van der Waals surface area contributed by atoms with Crippen molar-refractivity contribution >= 4 is 46.9 Å². The van der Waals surface area contributed by atoms with Crippen molar-refractivity contribution < 1.29 is 4.39 Å². The van der Waals surface area contributed by atoms with Gasteiger partial charge >= 0.3 is 0 Å². The smallest absolute Gasteiger partial charge is 0.167 e. The van der Waals surface area contributed by atoms with Crippen LogP contribution in [0.5, 0.6) is 0 Å². The Bertz CT molecular complexity index is 1350. The van der Waals surface area contributed by atoms with Crippen LogP contribution in [0.25, 0.3) is 11.4 Å². The first kappa shape index (κ1) is 24.5. The number of rotatable bonds is 6. The lowest BCUT2D eigenvalue weighted by Crippen LogP contribution is -2.47. The van der Waals surface area contributed by atoms with Crippen molar-refractivity contribution in [1.82, 2.24) is 25.3 Å². The Kier molecular flexibility index (Phi) is 6.46. The van der Waals surface area contributed by atoms with Gasteiger partial charge in [-0.2, -0.15) is 0 Å². The average molecular weight is 541 g/mol. The summed E-state index contributed by atoms with van der Waals surface area (Å²) >= 11 is 12.5. The second kappa shape index (κ2) is 9.78. The summed E-state index contributed by atoms with van der Waals surface area (Å²) in [6.45, 7) is 3.87.